The van der Waals surface area contributed by atoms with Crippen molar-refractivity contribution in [1.29, 1.82) is 0 Å². The highest BCUT2D eigenvalue weighted by Crippen LogP contribution is 2.37. The van der Waals surface area contributed by atoms with Gasteiger partial charge in [-0.3, -0.25) is 0 Å². The molecule has 2 heterocycles. The first-order valence-electron chi connectivity index (χ1n) is 6.82. The largest absolute Gasteiger partial charge is 0.338 e. The van der Waals surface area contributed by atoms with Crippen LogP contribution in [0.25, 0.3) is 11.2 Å². The van der Waals surface area contributed by atoms with E-state index in [1.807, 2.05) is 18.5 Å². The zero-order valence-corrected chi connectivity index (χ0v) is 11.2. The number of hydrogen-bond donors (Lipinski definition) is 1. The minimum atomic E-state index is 0.571. The molecule has 0 atom stereocenters. The highest BCUT2D eigenvalue weighted by Gasteiger charge is 2.26. The van der Waals surface area contributed by atoms with Crippen LogP contribution in [0.3, 0.4) is 0 Å². The van der Waals surface area contributed by atoms with Gasteiger partial charge in [-0.05, 0) is 37.5 Å². The maximum absolute atomic E-state index is 4.47. The fraction of sp³-hybridized carbons (Fsp3) is 0.267. The summed E-state index contributed by atoms with van der Waals surface area (Å²) in [5.74, 6) is 0.764. The Balaban J connectivity index is 1.76. The lowest BCUT2D eigenvalue weighted by atomic mass is 10.2. The molecule has 1 aromatic carbocycles. The second-order valence-corrected chi connectivity index (χ2v) is 5.27. The van der Waals surface area contributed by atoms with Crippen molar-refractivity contribution in [3.63, 3.8) is 0 Å². The predicted octanol–water partition coefficient (Wildman–Crippen LogP) is 3.21. The predicted molar refractivity (Wildman–Crippen MR) is 78.1 cm³/mol. The summed E-state index contributed by atoms with van der Waals surface area (Å²) in [5.41, 5.74) is 3.98. The molecule has 0 spiro atoms. The van der Waals surface area contributed by atoms with Crippen LogP contribution in [-0.2, 0) is 0 Å². The molecule has 1 N–H and O–H groups in total. The standard InChI is InChI=1S/C15H15N5/c1-10-3-2-4-11(7-10)19-14-13-15(17-8-16-14)20(9-18-13)12-5-6-12/h2-4,7-9,12H,5-6H2,1H3,(H,16,17,19). The minimum Gasteiger partial charge on any atom is -0.338 e. The zero-order valence-electron chi connectivity index (χ0n) is 11.2. The van der Waals surface area contributed by atoms with Gasteiger partial charge in [0.1, 0.15) is 6.33 Å². The number of fused-ring (bicyclic) bond motifs is 1. The number of nitrogens with zero attached hydrogens (tertiary/aromatic N) is 4. The molecule has 0 unspecified atom stereocenters. The molecule has 1 aliphatic carbocycles. The molecule has 1 saturated carbocycles. The van der Waals surface area contributed by atoms with Crippen molar-refractivity contribution < 1.29 is 0 Å². The maximum Gasteiger partial charge on any atom is 0.165 e. The molecule has 100 valence electrons. The molecule has 0 radical (unpaired) electrons. The van der Waals surface area contributed by atoms with Crippen LogP contribution in [0, 0.1) is 6.92 Å². The van der Waals surface area contributed by atoms with E-state index in [1.54, 1.807) is 6.33 Å². The smallest absolute Gasteiger partial charge is 0.165 e. The lowest BCUT2D eigenvalue weighted by molar-refractivity contribution is 0.756. The van der Waals surface area contributed by atoms with Gasteiger partial charge in [0.25, 0.3) is 0 Å². The van der Waals surface area contributed by atoms with Crippen LogP contribution in [0.1, 0.15) is 24.4 Å². The van der Waals surface area contributed by atoms with E-state index in [4.69, 9.17) is 0 Å². The molecule has 0 bridgehead atoms. The van der Waals surface area contributed by atoms with E-state index in [0.29, 0.717) is 6.04 Å². The molecule has 5 heteroatoms. The number of aromatic nitrogens is 4. The summed E-state index contributed by atoms with van der Waals surface area (Å²) < 4.78 is 2.15. The zero-order chi connectivity index (χ0) is 13.5. The Hall–Kier alpha value is -2.43. The molecular formula is C15H15N5. The Bertz CT molecular complexity index is 773. The lowest BCUT2D eigenvalue weighted by Gasteiger charge is -2.07. The van der Waals surface area contributed by atoms with Gasteiger partial charge < -0.3 is 9.88 Å². The van der Waals surface area contributed by atoms with Gasteiger partial charge in [0, 0.05) is 11.7 Å². The maximum atomic E-state index is 4.47. The average molecular weight is 265 g/mol. The summed E-state index contributed by atoms with van der Waals surface area (Å²) in [5, 5.41) is 3.33. The van der Waals surface area contributed by atoms with Gasteiger partial charge in [-0.15, -0.1) is 0 Å². The van der Waals surface area contributed by atoms with Gasteiger partial charge in [0.05, 0.1) is 6.33 Å². The Labute approximate surface area is 116 Å². The first-order valence-corrected chi connectivity index (χ1v) is 6.82. The molecule has 2 aromatic heterocycles. The average Bonchev–Trinajstić information content (AvgIpc) is 3.19. The normalized spacial score (nSPS) is 14.7. The number of hydrogen-bond acceptors (Lipinski definition) is 4. The van der Waals surface area contributed by atoms with Crippen LogP contribution < -0.4 is 5.32 Å². The van der Waals surface area contributed by atoms with Gasteiger partial charge in [0.2, 0.25) is 0 Å². The third kappa shape index (κ3) is 1.91. The van der Waals surface area contributed by atoms with Crippen molar-refractivity contribution in [2.75, 3.05) is 5.32 Å². The first-order chi connectivity index (χ1) is 9.81. The molecule has 20 heavy (non-hydrogen) atoms. The molecule has 4 rings (SSSR count). The summed E-state index contributed by atoms with van der Waals surface area (Å²) in [6.45, 7) is 2.07. The number of nitrogens with one attached hydrogen (secondary N) is 1. The molecule has 0 saturated heterocycles. The summed E-state index contributed by atoms with van der Waals surface area (Å²) in [6.07, 6.45) is 5.91. The molecular weight excluding hydrogens is 250 g/mol. The number of aryl methyl sites for hydroxylation is 1. The highest BCUT2D eigenvalue weighted by atomic mass is 15.2. The fourth-order valence-corrected chi connectivity index (χ4v) is 2.42. The van der Waals surface area contributed by atoms with Crippen LogP contribution in [0.15, 0.2) is 36.9 Å². The topological polar surface area (TPSA) is 55.6 Å². The third-order valence-electron chi connectivity index (χ3n) is 3.58. The van der Waals surface area contributed by atoms with E-state index < -0.39 is 0 Å². The van der Waals surface area contributed by atoms with Gasteiger partial charge >= 0.3 is 0 Å². The van der Waals surface area contributed by atoms with Crippen LogP contribution in [-0.4, -0.2) is 19.5 Å². The SMILES string of the molecule is Cc1cccc(Nc2ncnc3c2ncn3C2CC2)c1. The van der Waals surface area contributed by atoms with Crippen molar-refractivity contribution >= 4 is 22.7 Å². The monoisotopic (exact) mass is 265 g/mol. The van der Waals surface area contributed by atoms with Crippen LogP contribution in [0.5, 0.6) is 0 Å². The summed E-state index contributed by atoms with van der Waals surface area (Å²) in [4.78, 5) is 13.2. The highest BCUT2D eigenvalue weighted by molar-refractivity contribution is 5.85. The fourth-order valence-electron chi connectivity index (χ4n) is 2.42. The Morgan fingerprint density at radius 2 is 2.10 bits per heavy atom. The molecule has 0 amide bonds. The van der Waals surface area contributed by atoms with E-state index in [0.717, 1.165) is 22.7 Å². The van der Waals surface area contributed by atoms with Crippen molar-refractivity contribution in [2.24, 2.45) is 0 Å². The second kappa shape index (κ2) is 4.30. The van der Waals surface area contributed by atoms with E-state index in [-0.39, 0.29) is 0 Å². The van der Waals surface area contributed by atoms with Crippen LogP contribution >= 0.6 is 0 Å². The summed E-state index contributed by atoms with van der Waals surface area (Å²) in [6, 6.07) is 8.79. The quantitative estimate of drug-likeness (QED) is 0.790. The van der Waals surface area contributed by atoms with Crippen molar-refractivity contribution in [2.45, 2.75) is 25.8 Å². The van der Waals surface area contributed by atoms with Gasteiger partial charge in [0.15, 0.2) is 17.0 Å². The summed E-state index contributed by atoms with van der Waals surface area (Å²) in [7, 11) is 0. The first kappa shape index (κ1) is 11.4. The van der Waals surface area contributed by atoms with Crippen LogP contribution in [0.4, 0.5) is 11.5 Å². The lowest BCUT2D eigenvalue weighted by Crippen LogP contribution is -1.98. The van der Waals surface area contributed by atoms with Crippen molar-refractivity contribution in [3.05, 3.63) is 42.5 Å². The third-order valence-corrected chi connectivity index (χ3v) is 3.58. The van der Waals surface area contributed by atoms with Crippen LogP contribution in [0.2, 0.25) is 0 Å². The van der Waals surface area contributed by atoms with Gasteiger partial charge in [-0.25, -0.2) is 15.0 Å². The second-order valence-electron chi connectivity index (χ2n) is 5.27. The van der Waals surface area contributed by atoms with E-state index in [9.17, 15) is 0 Å². The number of imidazole rings is 1. The van der Waals surface area contributed by atoms with E-state index in [2.05, 4.69) is 43.9 Å². The molecule has 0 aliphatic heterocycles. The molecule has 1 fully saturated rings. The molecule has 5 nitrogen and oxygen atoms in total. The van der Waals surface area contributed by atoms with Crippen molar-refractivity contribution in [1.82, 2.24) is 19.5 Å². The van der Waals surface area contributed by atoms with E-state index in [1.165, 1.54) is 18.4 Å². The van der Waals surface area contributed by atoms with E-state index >= 15 is 0 Å². The van der Waals surface area contributed by atoms with Crippen molar-refractivity contribution in [3.8, 4) is 0 Å². The molecule has 1 aliphatic rings. The number of benzene rings is 1. The summed E-state index contributed by atoms with van der Waals surface area (Å²) >= 11 is 0. The Morgan fingerprint density at radius 1 is 1.20 bits per heavy atom. The van der Waals surface area contributed by atoms with Gasteiger partial charge in [-0.1, -0.05) is 12.1 Å². The minimum absolute atomic E-state index is 0.571. The molecule has 3 aromatic rings. The Morgan fingerprint density at radius 3 is 2.90 bits per heavy atom. The Kier molecular flexibility index (Phi) is 2.45. The number of anilines is 2. The number of rotatable bonds is 3. The van der Waals surface area contributed by atoms with Gasteiger partial charge in [-0.2, -0.15) is 0 Å².